The first kappa shape index (κ1) is 29.7. The van der Waals surface area contributed by atoms with Crippen LogP contribution in [0.4, 0.5) is 0 Å². The zero-order valence-corrected chi connectivity index (χ0v) is 22.8. The van der Waals surface area contributed by atoms with E-state index in [0.717, 1.165) is 0 Å². The summed E-state index contributed by atoms with van der Waals surface area (Å²) in [5, 5.41) is 0. The normalized spacial score (nSPS) is 8.44. The summed E-state index contributed by atoms with van der Waals surface area (Å²) in [5.74, 6) is 0. The van der Waals surface area contributed by atoms with Crippen LogP contribution in [0.5, 0.6) is 0 Å². The molecule has 0 aromatic carbocycles. The average molecular weight is 685 g/mol. The number of hydrogen-bond acceptors (Lipinski definition) is 0. The molecule has 0 fully saturated rings. The van der Waals surface area contributed by atoms with E-state index in [9.17, 15) is 0 Å². The molecule has 0 radical (unpaired) electrons. The van der Waals surface area contributed by atoms with Gasteiger partial charge in [-0.2, -0.15) is 0 Å². The Morgan fingerprint density at radius 1 is 0.667 bits per heavy atom. The van der Waals surface area contributed by atoms with Gasteiger partial charge in [-0.15, -0.1) is 0 Å². The molecular weight excluding hydrogens is 685 g/mol. The fourth-order valence-electron chi connectivity index (χ4n) is 0. The minimum Gasteiger partial charge on any atom is -1.00 e. The summed E-state index contributed by atoms with van der Waals surface area (Å²) < 4.78 is 0. The van der Waals surface area contributed by atoms with Crippen LogP contribution in [0.15, 0.2) is 0 Å². The van der Waals surface area contributed by atoms with Crippen LogP contribution in [-0.2, 0) is 0 Å². The molecule has 0 bridgehead atoms. The van der Waals surface area contributed by atoms with E-state index >= 15 is 0 Å². The molecule has 0 spiro atoms. The second-order valence-electron chi connectivity index (χ2n) is 0.350. The van der Waals surface area contributed by atoms with Crippen molar-refractivity contribution in [1.82, 2.24) is 0 Å². The molecule has 9 heavy (non-hydrogen) atoms. The van der Waals surface area contributed by atoms with E-state index in [-0.39, 0.29) is 137 Å². The zero-order chi connectivity index (χ0) is 4.50. The van der Waals surface area contributed by atoms with E-state index in [1.807, 2.05) is 0 Å². The molecule has 0 nitrogen and oxygen atoms in total. The van der Waals surface area contributed by atoms with Crippen molar-refractivity contribution in [1.29, 1.82) is 0 Å². The minimum absolute atomic E-state index is 0. The Bertz CT molecular complexity index is 26.5. The van der Waals surface area contributed by atoms with Crippen molar-refractivity contribution in [3.63, 3.8) is 0 Å². The van der Waals surface area contributed by atoms with Gasteiger partial charge in [0, 0.05) is 0 Å². The van der Waals surface area contributed by atoms with Crippen LogP contribution in [0.2, 0.25) is 0 Å². The van der Waals surface area contributed by atoms with Gasteiger partial charge in [-0.3, -0.25) is 0 Å². The van der Waals surface area contributed by atoms with E-state index in [0.29, 0.717) is 0 Å². The molecule has 0 aliphatic carbocycles. The Balaban J connectivity index is -0.0000000133. The van der Waals surface area contributed by atoms with Crippen LogP contribution in [0.1, 0.15) is 0 Å². The van der Waals surface area contributed by atoms with Crippen LogP contribution in [-0.4, -0.2) is 9.35 Å². The molecule has 50 valence electrons. The number of rotatable bonds is 0. The van der Waals surface area contributed by atoms with Crippen molar-refractivity contribution >= 4 is 60.4 Å². The Kier molecular flexibility index (Phi) is 57.3. The molecule has 9 heteroatoms. The van der Waals surface area contributed by atoms with Gasteiger partial charge in [-0.25, -0.2) is 0 Å². The second kappa shape index (κ2) is 17.3. The molecule has 0 N–H and O–H groups in total. The topological polar surface area (TPSA) is 0 Å². The Hall–Kier alpha value is 6.94. The van der Waals surface area contributed by atoms with E-state index in [1.165, 1.54) is 0 Å². The van der Waals surface area contributed by atoms with Crippen LogP contribution in [0.3, 0.4) is 0 Å². The molecule has 0 amide bonds. The molecule has 0 unspecified atom stereocenters. The molecule has 0 heterocycles. The minimum atomic E-state index is -1.77. The van der Waals surface area contributed by atoms with Crippen LogP contribution in [0.25, 0.3) is 0 Å². The smallest absolute Gasteiger partial charge is 1.00 e. The fraction of sp³-hybridized carbons (Fsp3) is 0. The second-order valence-corrected chi connectivity index (χ2v) is 63.4. The third kappa shape index (κ3) is 51.9. The first-order valence-corrected chi connectivity index (χ1v) is 21.5. The maximum absolute atomic E-state index is 3.32. The molecule has 0 aromatic heterocycles. The van der Waals surface area contributed by atoms with Gasteiger partial charge in [0.25, 0.3) is 0 Å². The predicted octanol–water partition coefficient (Wildman–Crippen LogP) is -8.98. The van der Waals surface area contributed by atoms with E-state index < -0.39 is 9.35 Å². The Morgan fingerprint density at radius 2 is 0.667 bits per heavy atom. The monoisotopic (exact) mass is 681 g/mol. The first-order valence-electron chi connectivity index (χ1n) is 0.617. The maximum atomic E-state index is 3.32. The Labute approximate surface area is 190 Å². The number of hydrogen-bond donors (Lipinski definition) is 0. The third-order valence-corrected chi connectivity index (χ3v) is 0. The quantitative estimate of drug-likeness (QED) is 0.223. The van der Waals surface area contributed by atoms with Crippen molar-refractivity contribution in [2.45, 2.75) is 0 Å². The largest absolute Gasteiger partial charge is 1.00 e. The summed E-state index contributed by atoms with van der Waals surface area (Å²) in [6, 6.07) is 0. The zero-order valence-electron chi connectivity index (χ0n) is 4.68. The number of halogens is 6. The molecule has 0 aromatic rings. The van der Waals surface area contributed by atoms with E-state index in [1.54, 1.807) is 0 Å². The maximum Gasteiger partial charge on any atom is 1.00 e. The van der Waals surface area contributed by atoms with Crippen molar-refractivity contribution < 1.29 is 137 Å². The summed E-state index contributed by atoms with van der Waals surface area (Å²) >= 11 is 13.3. The summed E-state index contributed by atoms with van der Waals surface area (Å²) in [7, 11) is -1.77. The van der Waals surface area contributed by atoms with Gasteiger partial charge in [-0.05, 0) is 0 Å². The van der Waals surface area contributed by atoms with Gasteiger partial charge in [0.15, 0.2) is 0 Å². The molecule has 0 aliphatic heterocycles. The molecule has 0 atom stereocenters. The summed E-state index contributed by atoms with van der Waals surface area (Å²) in [5.41, 5.74) is 0. The fourth-order valence-corrected chi connectivity index (χ4v) is 0. The van der Waals surface area contributed by atoms with Crippen molar-refractivity contribution in [2.75, 3.05) is 0 Å². The van der Waals surface area contributed by atoms with Crippen molar-refractivity contribution in [3.8, 4) is 0 Å². The van der Waals surface area contributed by atoms with E-state index in [2.05, 4.69) is 51.0 Å². The average Bonchev–Trinajstić information content (AvgIpc) is 0.722. The molecule has 0 aliphatic rings. The SMILES string of the molecule is Br[Te](Br)(Br)Br.[Br-].[Br-].[K+].[K+]. The van der Waals surface area contributed by atoms with Crippen LogP contribution in [0, 0.1) is 0 Å². The van der Waals surface area contributed by atoms with Crippen molar-refractivity contribution in [2.24, 2.45) is 0 Å². The summed E-state index contributed by atoms with van der Waals surface area (Å²) in [6.07, 6.45) is 0. The van der Waals surface area contributed by atoms with Crippen molar-refractivity contribution in [3.05, 3.63) is 0 Å². The van der Waals surface area contributed by atoms with E-state index in [4.69, 9.17) is 0 Å². The van der Waals surface area contributed by atoms with Gasteiger partial charge in [0.1, 0.15) is 0 Å². The van der Waals surface area contributed by atoms with Gasteiger partial charge in [0.2, 0.25) is 0 Å². The van der Waals surface area contributed by atoms with Crippen LogP contribution < -0.4 is 137 Å². The van der Waals surface area contributed by atoms with Crippen LogP contribution >= 0.6 is 51.0 Å². The van der Waals surface area contributed by atoms with Gasteiger partial charge >= 0.3 is 163 Å². The first-order chi connectivity index (χ1) is 2.00. The van der Waals surface area contributed by atoms with Gasteiger partial charge < -0.3 is 34.0 Å². The summed E-state index contributed by atoms with van der Waals surface area (Å²) in [6.45, 7) is 0. The molecular formula is Br6K2Te. The van der Waals surface area contributed by atoms with Gasteiger partial charge in [0.05, 0.1) is 0 Å². The molecule has 0 rings (SSSR count). The van der Waals surface area contributed by atoms with Gasteiger partial charge in [-0.1, -0.05) is 0 Å². The molecule has 0 saturated carbocycles. The standard InChI is InChI=1S/Br4Te.2BrH.2K/c1-5(2,3)4;;;;/h;2*1H;;/q;;;2*+1/p-2. The third-order valence-electron chi connectivity index (χ3n) is 0. The summed E-state index contributed by atoms with van der Waals surface area (Å²) in [4.78, 5) is 0. The predicted molar refractivity (Wildman–Crippen MR) is 41.5 cm³/mol. The molecule has 0 saturated heterocycles. The Morgan fingerprint density at radius 3 is 0.667 bits per heavy atom.